The van der Waals surface area contributed by atoms with Gasteiger partial charge in [-0.15, -0.1) is 5.10 Å². The van der Waals surface area contributed by atoms with E-state index in [4.69, 9.17) is 5.11 Å². The third kappa shape index (κ3) is 2.34. The maximum Gasteiger partial charge on any atom is 0.308 e. The lowest BCUT2D eigenvalue weighted by Crippen LogP contribution is -2.18. The summed E-state index contributed by atoms with van der Waals surface area (Å²) >= 11 is 0. The van der Waals surface area contributed by atoms with Gasteiger partial charge in [0.05, 0.1) is 18.0 Å². The van der Waals surface area contributed by atoms with Gasteiger partial charge in [0.25, 0.3) is 0 Å². The molecule has 0 saturated carbocycles. The summed E-state index contributed by atoms with van der Waals surface area (Å²) in [6.45, 7) is 1.63. The van der Waals surface area contributed by atoms with E-state index in [1.807, 2.05) is 0 Å². The second kappa shape index (κ2) is 4.91. The van der Waals surface area contributed by atoms with Crippen LogP contribution in [0.25, 0.3) is 11.4 Å². The van der Waals surface area contributed by atoms with E-state index >= 15 is 0 Å². The number of aromatic nitrogens is 4. The number of hydrogen-bond acceptors (Lipinski definition) is 4. The fraction of sp³-hybridized carbons (Fsp3) is 0.273. The molecule has 0 amide bonds. The molecule has 0 bridgehead atoms. The van der Waals surface area contributed by atoms with Crippen LogP contribution in [0, 0.1) is 11.7 Å². The Morgan fingerprint density at radius 1 is 1.50 bits per heavy atom. The Morgan fingerprint density at radius 2 is 2.22 bits per heavy atom. The van der Waals surface area contributed by atoms with Gasteiger partial charge in [0.1, 0.15) is 5.82 Å². The number of benzene rings is 1. The molecule has 0 aliphatic heterocycles. The number of halogens is 1. The van der Waals surface area contributed by atoms with Crippen LogP contribution in [0.15, 0.2) is 24.3 Å². The van der Waals surface area contributed by atoms with Crippen LogP contribution < -0.4 is 0 Å². The molecule has 0 spiro atoms. The average molecular weight is 250 g/mol. The second-order valence-electron chi connectivity index (χ2n) is 3.90. The van der Waals surface area contributed by atoms with Crippen LogP contribution in [-0.2, 0) is 11.3 Å². The molecule has 0 radical (unpaired) electrons. The van der Waals surface area contributed by atoms with Crippen molar-refractivity contribution in [2.24, 2.45) is 5.92 Å². The predicted molar refractivity (Wildman–Crippen MR) is 60.0 cm³/mol. The third-order valence-corrected chi connectivity index (χ3v) is 2.52. The van der Waals surface area contributed by atoms with Gasteiger partial charge >= 0.3 is 5.97 Å². The maximum atomic E-state index is 13.6. The molecule has 18 heavy (non-hydrogen) atoms. The van der Waals surface area contributed by atoms with Gasteiger partial charge in [-0.25, -0.2) is 9.07 Å². The number of carboxylic acids is 1. The topological polar surface area (TPSA) is 80.9 Å². The molecule has 0 saturated heterocycles. The highest BCUT2D eigenvalue weighted by atomic mass is 19.1. The van der Waals surface area contributed by atoms with Gasteiger partial charge in [-0.3, -0.25) is 4.79 Å². The smallest absolute Gasteiger partial charge is 0.308 e. The maximum absolute atomic E-state index is 13.6. The summed E-state index contributed by atoms with van der Waals surface area (Å²) in [5.41, 5.74) is 0.250. The highest BCUT2D eigenvalue weighted by molar-refractivity contribution is 5.69. The van der Waals surface area contributed by atoms with Crippen molar-refractivity contribution in [3.63, 3.8) is 0 Å². The van der Waals surface area contributed by atoms with Gasteiger partial charge in [-0.2, -0.15) is 0 Å². The van der Waals surface area contributed by atoms with Crippen molar-refractivity contribution in [1.29, 1.82) is 0 Å². The standard InChI is InChI=1S/C11H11FN4O2/c1-7(11(17)18)6-16-10(13-14-15-16)8-4-2-3-5-9(8)12/h2-5,7H,6H2,1H3,(H,17,18). The Morgan fingerprint density at radius 3 is 2.89 bits per heavy atom. The predicted octanol–water partition coefficient (Wildman–Crippen LogP) is 1.20. The fourth-order valence-corrected chi connectivity index (χ4v) is 1.50. The molecule has 2 aromatic rings. The van der Waals surface area contributed by atoms with Crippen LogP contribution in [0.2, 0.25) is 0 Å². The summed E-state index contributed by atoms with van der Waals surface area (Å²) in [5.74, 6) is -1.83. The second-order valence-corrected chi connectivity index (χ2v) is 3.90. The lowest BCUT2D eigenvalue weighted by Gasteiger charge is -2.08. The quantitative estimate of drug-likeness (QED) is 0.881. The Balaban J connectivity index is 2.34. The number of hydrogen-bond donors (Lipinski definition) is 1. The first-order valence-corrected chi connectivity index (χ1v) is 5.33. The van der Waals surface area contributed by atoms with Gasteiger partial charge in [0.15, 0.2) is 5.82 Å². The molecule has 0 aliphatic carbocycles. The van der Waals surface area contributed by atoms with Crippen molar-refractivity contribution >= 4 is 5.97 Å². The zero-order valence-electron chi connectivity index (χ0n) is 9.62. The van der Waals surface area contributed by atoms with Crippen LogP contribution >= 0.6 is 0 Å². The van der Waals surface area contributed by atoms with Crippen LogP contribution in [-0.4, -0.2) is 31.3 Å². The SMILES string of the molecule is CC(Cn1nnnc1-c1ccccc1F)C(=O)O. The summed E-state index contributed by atoms with van der Waals surface area (Å²) < 4.78 is 14.9. The summed E-state index contributed by atoms with van der Waals surface area (Å²) in [5, 5.41) is 19.7. The largest absolute Gasteiger partial charge is 0.481 e. The summed E-state index contributed by atoms with van der Waals surface area (Å²) in [6, 6.07) is 6.07. The van der Waals surface area contributed by atoms with E-state index in [-0.39, 0.29) is 17.9 Å². The molecular formula is C11H11FN4O2. The first-order valence-electron chi connectivity index (χ1n) is 5.33. The molecule has 1 aromatic heterocycles. The lowest BCUT2D eigenvalue weighted by molar-refractivity contribution is -0.141. The molecule has 1 atom stereocenters. The van der Waals surface area contributed by atoms with Gasteiger partial charge < -0.3 is 5.11 Å². The van der Waals surface area contributed by atoms with E-state index < -0.39 is 17.7 Å². The van der Waals surface area contributed by atoms with E-state index in [9.17, 15) is 9.18 Å². The highest BCUT2D eigenvalue weighted by Crippen LogP contribution is 2.19. The molecule has 1 N–H and O–H groups in total. The van der Waals surface area contributed by atoms with Crippen LogP contribution in [0.3, 0.4) is 0 Å². The van der Waals surface area contributed by atoms with Gasteiger partial charge in [0, 0.05) is 0 Å². The van der Waals surface area contributed by atoms with E-state index in [1.54, 1.807) is 18.2 Å². The number of nitrogens with zero attached hydrogens (tertiary/aromatic N) is 4. The minimum atomic E-state index is -0.954. The first-order chi connectivity index (χ1) is 8.59. The molecule has 7 heteroatoms. The molecule has 1 aromatic carbocycles. The minimum absolute atomic E-state index is 0.0893. The van der Waals surface area contributed by atoms with Crippen molar-refractivity contribution < 1.29 is 14.3 Å². The molecule has 1 heterocycles. The van der Waals surface area contributed by atoms with Crippen molar-refractivity contribution in [2.45, 2.75) is 13.5 Å². The zero-order valence-corrected chi connectivity index (χ0v) is 9.62. The van der Waals surface area contributed by atoms with Crippen LogP contribution in [0.1, 0.15) is 6.92 Å². The van der Waals surface area contributed by atoms with Gasteiger partial charge in [-0.1, -0.05) is 19.1 Å². The van der Waals surface area contributed by atoms with E-state index in [2.05, 4.69) is 15.5 Å². The summed E-state index contributed by atoms with van der Waals surface area (Å²) in [6.07, 6.45) is 0. The normalized spacial score (nSPS) is 12.3. The number of aliphatic carboxylic acids is 1. The molecule has 0 fully saturated rings. The van der Waals surface area contributed by atoms with Gasteiger partial charge in [0.2, 0.25) is 0 Å². The Bertz CT molecular complexity index is 570. The molecule has 0 aliphatic rings. The monoisotopic (exact) mass is 250 g/mol. The van der Waals surface area contributed by atoms with E-state index in [0.29, 0.717) is 0 Å². The van der Waals surface area contributed by atoms with Crippen LogP contribution in [0.5, 0.6) is 0 Å². The summed E-state index contributed by atoms with van der Waals surface area (Å²) in [4.78, 5) is 10.8. The minimum Gasteiger partial charge on any atom is -0.481 e. The Hall–Kier alpha value is -2.31. The number of tetrazole rings is 1. The number of carboxylic acid groups (broad SMARTS) is 1. The third-order valence-electron chi connectivity index (χ3n) is 2.52. The highest BCUT2D eigenvalue weighted by Gasteiger charge is 2.18. The molecule has 94 valence electrons. The molecule has 6 nitrogen and oxygen atoms in total. The van der Waals surface area contributed by atoms with Crippen LogP contribution in [0.4, 0.5) is 4.39 Å². The fourth-order valence-electron chi connectivity index (χ4n) is 1.50. The zero-order chi connectivity index (χ0) is 13.1. The Labute approximate surface area is 102 Å². The number of rotatable bonds is 4. The van der Waals surface area contributed by atoms with Crippen molar-refractivity contribution in [3.8, 4) is 11.4 Å². The molecule has 1 unspecified atom stereocenters. The van der Waals surface area contributed by atoms with E-state index in [0.717, 1.165) is 0 Å². The average Bonchev–Trinajstić information content (AvgIpc) is 2.77. The lowest BCUT2D eigenvalue weighted by atomic mass is 10.1. The van der Waals surface area contributed by atoms with Gasteiger partial charge in [-0.05, 0) is 22.6 Å². The van der Waals surface area contributed by atoms with Crippen molar-refractivity contribution in [3.05, 3.63) is 30.1 Å². The molecule has 2 rings (SSSR count). The summed E-state index contributed by atoms with van der Waals surface area (Å²) in [7, 11) is 0. The number of carbonyl (C=O) groups is 1. The first kappa shape index (κ1) is 12.2. The van der Waals surface area contributed by atoms with Crippen molar-refractivity contribution in [1.82, 2.24) is 20.2 Å². The Kier molecular flexibility index (Phi) is 3.31. The van der Waals surface area contributed by atoms with E-state index in [1.165, 1.54) is 17.7 Å². The molecular weight excluding hydrogens is 239 g/mol. The van der Waals surface area contributed by atoms with Crippen molar-refractivity contribution in [2.75, 3.05) is 0 Å².